The molecule has 28 heavy (non-hydrogen) atoms. The number of rotatable bonds is 3. The minimum absolute atomic E-state index is 0.197. The number of halogens is 3. The van der Waals surface area contributed by atoms with E-state index in [0.717, 1.165) is 18.7 Å². The average Bonchev–Trinajstić information content (AvgIpc) is 3.07. The molecule has 1 atom stereocenters. The molecule has 0 saturated heterocycles. The maximum atomic E-state index is 14.4. The first-order chi connectivity index (χ1) is 13.1. The fourth-order valence-corrected chi connectivity index (χ4v) is 3.53. The Bertz CT molecular complexity index is 1050. The van der Waals surface area contributed by atoms with Gasteiger partial charge < -0.3 is 10.1 Å². The molecule has 1 amide bonds. The standard InChI is InChI=1S/C18H16F3N3O4/c1-9-13(15(26)28-3)17(16(27)22-9,18(19,20)21)12-10(2)23-24(14(12)25)11-7-5-4-6-8-11/h4-8,23H,1-3H3,(H,22,27)/t17-/m1/s1. The van der Waals surface area contributed by atoms with Crippen LogP contribution in [-0.2, 0) is 19.7 Å². The number of carbonyl (C=O) groups is 2. The largest absolute Gasteiger partial charge is 0.466 e. The fraction of sp³-hybridized carbons (Fsp3) is 0.278. The number of allylic oxidation sites excluding steroid dienone is 1. The minimum Gasteiger partial charge on any atom is -0.466 e. The molecule has 0 spiro atoms. The summed E-state index contributed by atoms with van der Waals surface area (Å²) >= 11 is 0. The lowest BCUT2D eigenvalue weighted by molar-refractivity contribution is -0.187. The summed E-state index contributed by atoms with van der Waals surface area (Å²) in [5.41, 5.74) is -6.64. The number of ether oxygens (including phenoxy) is 1. The molecule has 0 saturated carbocycles. The van der Waals surface area contributed by atoms with Crippen LogP contribution in [0.2, 0.25) is 0 Å². The Morgan fingerprint density at radius 2 is 1.75 bits per heavy atom. The molecule has 0 bridgehead atoms. The van der Waals surface area contributed by atoms with Gasteiger partial charge in [0.2, 0.25) is 11.3 Å². The van der Waals surface area contributed by atoms with Crippen LogP contribution in [0.1, 0.15) is 18.2 Å². The van der Waals surface area contributed by atoms with Crippen molar-refractivity contribution in [3.05, 3.63) is 63.2 Å². The highest BCUT2D eigenvalue weighted by Crippen LogP contribution is 2.50. The summed E-state index contributed by atoms with van der Waals surface area (Å²) in [6.45, 7) is 2.38. The molecule has 148 valence electrons. The van der Waals surface area contributed by atoms with Crippen LogP contribution in [-0.4, -0.2) is 34.9 Å². The molecule has 0 radical (unpaired) electrons. The molecule has 7 nitrogen and oxygen atoms in total. The molecule has 1 aliphatic heterocycles. The number of hydrogen-bond donors (Lipinski definition) is 2. The lowest BCUT2D eigenvalue weighted by Crippen LogP contribution is -2.54. The van der Waals surface area contributed by atoms with E-state index in [2.05, 4.69) is 9.84 Å². The summed E-state index contributed by atoms with van der Waals surface area (Å²) in [4.78, 5) is 37.8. The number of hydrogen-bond acceptors (Lipinski definition) is 4. The molecule has 1 aromatic heterocycles. The predicted molar refractivity (Wildman–Crippen MR) is 91.7 cm³/mol. The highest BCUT2D eigenvalue weighted by atomic mass is 19.4. The monoisotopic (exact) mass is 395 g/mol. The average molecular weight is 395 g/mol. The van der Waals surface area contributed by atoms with Crippen molar-refractivity contribution < 1.29 is 27.5 Å². The summed E-state index contributed by atoms with van der Waals surface area (Å²) < 4.78 is 48.5. The summed E-state index contributed by atoms with van der Waals surface area (Å²) in [6.07, 6.45) is -5.28. The smallest absolute Gasteiger partial charge is 0.411 e. The van der Waals surface area contributed by atoms with Crippen LogP contribution in [0.4, 0.5) is 13.2 Å². The van der Waals surface area contributed by atoms with E-state index in [-0.39, 0.29) is 17.1 Å². The van der Waals surface area contributed by atoms with E-state index in [4.69, 9.17) is 0 Å². The Balaban J connectivity index is 2.41. The van der Waals surface area contributed by atoms with Crippen LogP contribution in [0, 0.1) is 6.92 Å². The van der Waals surface area contributed by atoms with Crippen molar-refractivity contribution >= 4 is 11.9 Å². The molecular formula is C18H16F3N3O4. The van der Waals surface area contributed by atoms with Gasteiger partial charge in [0.15, 0.2) is 0 Å². The highest BCUT2D eigenvalue weighted by molar-refractivity contribution is 6.09. The molecule has 1 aliphatic rings. The predicted octanol–water partition coefficient (Wildman–Crippen LogP) is 1.85. The van der Waals surface area contributed by atoms with Crippen molar-refractivity contribution in [3.8, 4) is 5.69 Å². The van der Waals surface area contributed by atoms with E-state index < -0.39 is 40.2 Å². The molecule has 1 aromatic carbocycles. The number of aromatic amines is 1. The molecule has 10 heteroatoms. The topological polar surface area (TPSA) is 93.2 Å². The first-order valence-corrected chi connectivity index (χ1v) is 8.12. The zero-order chi connectivity index (χ0) is 20.9. The number of carbonyl (C=O) groups excluding carboxylic acids is 2. The van der Waals surface area contributed by atoms with E-state index in [1.54, 1.807) is 18.2 Å². The number of nitrogens with zero attached hydrogens (tertiary/aromatic N) is 1. The lowest BCUT2D eigenvalue weighted by atomic mass is 9.73. The zero-order valence-corrected chi connectivity index (χ0v) is 15.1. The summed E-state index contributed by atoms with van der Waals surface area (Å²) in [5, 5.41) is 4.60. The van der Waals surface area contributed by atoms with Crippen molar-refractivity contribution in [1.82, 2.24) is 15.1 Å². The van der Waals surface area contributed by atoms with Gasteiger partial charge in [-0.15, -0.1) is 0 Å². The molecule has 2 heterocycles. The van der Waals surface area contributed by atoms with Gasteiger partial charge in [0.05, 0.1) is 23.9 Å². The Kier molecular flexibility index (Phi) is 4.44. The van der Waals surface area contributed by atoms with Gasteiger partial charge in [0.1, 0.15) is 0 Å². The minimum atomic E-state index is -5.28. The number of benzene rings is 1. The number of esters is 1. The molecule has 0 unspecified atom stereocenters. The van der Waals surface area contributed by atoms with E-state index in [1.165, 1.54) is 19.1 Å². The third kappa shape index (κ3) is 2.48. The van der Waals surface area contributed by atoms with Crippen LogP contribution in [0.5, 0.6) is 0 Å². The van der Waals surface area contributed by atoms with Crippen molar-refractivity contribution in [2.75, 3.05) is 7.11 Å². The third-order valence-electron chi connectivity index (χ3n) is 4.67. The van der Waals surface area contributed by atoms with Crippen LogP contribution in [0.25, 0.3) is 5.69 Å². The van der Waals surface area contributed by atoms with Crippen LogP contribution < -0.4 is 10.9 Å². The van der Waals surface area contributed by atoms with Crippen LogP contribution in [0.3, 0.4) is 0 Å². The number of H-pyrrole nitrogens is 1. The van der Waals surface area contributed by atoms with Crippen LogP contribution >= 0.6 is 0 Å². The van der Waals surface area contributed by atoms with E-state index in [9.17, 15) is 27.6 Å². The van der Waals surface area contributed by atoms with Crippen molar-refractivity contribution in [3.63, 3.8) is 0 Å². The Labute approximate surface area is 156 Å². The number of para-hydroxylation sites is 1. The Morgan fingerprint density at radius 1 is 1.14 bits per heavy atom. The number of methoxy groups -OCH3 is 1. The third-order valence-corrected chi connectivity index (χ3v) is 4.67. The van der Waals surface area contributed by atoms with Gasteiger partial charge in [-0.1, -0.05) is 18.2 Å². The molecule has 3 rings (SSSR count). The van der Waals surface area contributed by atoms with Gasteiger partial charge in [0.25, 0.3) is 5.56 Å². The lowest BCUT2D eigenvalue weighted by Gasteiger charge is -2.30. The molecule has 2 aromatic rings. The second kappa shape index (κ2) is 6.39. The van der Waals surface area contributed by atoms with Gasteiger partial charge >= 0.3 is 12.1 Å². The van der Waals surface area contributed by atoms with Crippen molar-refractivity contribution in [1.29, 1.82) is 0 Å². The maximum Gasteiger partial charge on any atom is 0.411 e. The van der Waals surface area contributed by atoms with E-state index in [1.807, 2.05) is 5.32 Å². The number of nitrogens with one attached hydrogen (secondary N) is 2. The quantitative estimate of drug-likeness (QED) is 0.776. The van der Waals surface area contributed by atoms with Gasteiger partial charge in [-0.3, -0.25) is 14.7 Å². The van der Waals surface area contributed by atoms with E-state index >= 15 is 0 Å². The maximum absolute atomic E-state index is 14.4. The van der Waals surface area contributed by atoms with Gasteiger partial charge in [0, 0.05) is 11.4 Å². The fourth-order valence-electron chi connectivity index (χ4n) is 3.53. The molecular weight excluding hydrogens is 379 g/mol. The molecule has 2 N–H and O–H groups in total. The first-order valence-electron chi connectivity index (χ1n) is 8.12. The second-order valence-electron chi connectivity index (χ2n) is 6.28. The number of aryl methyl sites for hydroxylation is 1. The summed E-state index contributed by atoms with van der Waals surface area (Å²) in [6, 6.07) is 7.90. The van der Waals surface area contributed by atoms with Gasteiger partial charge in [-0.05, 0) is 26.0 Å². The Hall–Kier alpha value is -3.30. The summed E-state index contributed by atoms with van der Waals surface area (Å²) in [5.74, 6) is -2.88. The Morgan fingerprint density at radius 3 is 2.29 bits per heavy atom. The van der Waals surface area contributed by atoms with E-state index in [0.29, 0.717) is 0 Å². The summed E-state index contributed by atoms with van der Waals surface area (Å²) in [7, 11) is 0.902. The second-order valence-corrected chi connectivity index (χ2v) is 6.28. The number of alkyl halides is 3. The SMILES string of the molecule is COC(=O)C1=C(C)NC(=O)[C@]1(c1c(C)[nH]n(-c2ccccc2)c1=O)C(F)(F)F. The normalized spacial score (nSPS) is 19.7. The van der Waals surface area contributed by atoms with Crippen molar-refractivity contribution in [2.24, 2.45) is 0 Å². The highest BCUT2D eigenvalue weighted by Gasteiger charge is 2.70. The van der Waals surface area contributed by atoms with Crippen molar-refractivity contribution in [2.45, 2.75) is 25.4 Å². The van der Waals surface area contributed by atoms with Gasteiger partial charge in [-0.25, -0.2) is 9.48 Å². The molecule has 0 fully saturated rings. The molecule has 0 aliphatic carbocycles. The number of amides is 1. The zero-order valence-electron chi connectivity index (χ0n) is 15.1. The van der Waals surface area contributed by atoms with Gasteiger partial charge in [-0.2, -0.15) is 13.2 Å². The first kappa shape index (κ1) is 19.5. The van der Waals surface area contributed by atoms with Crippen LogP contribution in [0.15, 0.2) is 46.4 Å². The number of aromatic nitrogens is 2.